The van der Waals surface area contributed by atoms with Crippen LogP contribution < -0.4 is 14.8 Å². The Morgan fingerprint density at radius 2 is 1.73 bits per heavy atom. The molecule has 6 nitrogen and oxygen atoms in total. The number of ether oxygens (including phenoxy) is 2. The molecule has 0 saturated carbocycles. The molecule has 2 rings (SSSR count). The summed E-state index contributed by atoms with van der Waals surface area (Å²) in [6.07, 6.45) is 0. The monoisotopic (exact) mass is 356 g/mol. The van der Waals surface area contributed by atoms with Gasteiger partial charge in [0.05, 0.1) is 13.1 Å². The fourth-order valence-corrected chi connectivity index (χ4v) is 2.16. The SMILES string of the molecule is Cc1cccc(OCCN(C)C(=O)CNC(=O)COc2ccccc2)c1. The summed E-state index contributed by atoms with van der Waals surface area (Å²) in [5.74, 6) is 0.856. The van der Waals surface area contributed by atoms with E-state index in [0.717, 1.165) is 11.3 Å². The maximum atomic E-state index is 12.0. The number of amides is 2. The van der Waals surface area contributed by atoms with E-state index in [9.17, 15) is 9.59 Å². The van der Waals surface area contributed by atoms with Crippen molar-refractivity contribution < 1.29 is 19.1 Å². The Balaban J connectivity index is 1.62. The van der Waals surface area contributed by atoms with Gasteiger partial charge >= 0.3 is 0 Å². The Kier molecular flexibility index (Phi) is 7.49. The maximum Gasteiger partial charge on any atom is 0.258 e. The minimum atomic E-state index is -0.341. The van der Waals surface area contributed by atoms with Crippen molar-refractivity contribution >= 4 is 11.8 Å². The number of nitrogens with zero attached hydrogens (tertiary/aromatic N) is 1. The van der Waals surface area contributed by atoms with Crippen LogP contribution in [0.25, 0.3) is 0 Å². The van der Waals surface area contributed by atoms with Crippen molar-refractivity contribution in [1.29, 1.82) is 0 Å². The van der Waals surface area contributed by atoms with Crippen LogP contribution in [0.1, 0.15) is 5.56 Å². The van der Waals surface area contributed by atoms with Gasteiger partial charge in [-0.05, 0) is 36.8 Å². The molecule has 2 amide bonds. The smallest absolute Gasteiger partial charge is 0.258 e. The molecule has 0 spiro atoms. The molecule has 0 unspecified atom stereocenters. The lowest BCUT2D eigenvalue weighted by Crippen LogP contribution is -2.41. The number of likely N-dealkylation sites (N-methyl/N-ethyl adjacent to an activating group) is 1. The third kappa shape index (κ3) is 6.84. The van der Waals surface area contributed by atoms with Crippen LogP contribution in [0.15, 0.2) is 54.6 Å². The lowest BCUT2D eigenvalue weighted by Gasteiger charge is -2.18. The second-order valence-corrected chi connectivity index (χ2v) is 5.86. The lowest BCUT2D eigenvalue weighted by molar-refractivity contribution is -0.132. The molecule has 0 aliphatic carbocycles. The highest BCUT2D eigenvalue weighted by molar-refractivity contribution is 5.85. The first-order chi connectivity index (χ1) is 12.5. The zero-order chi connectivity index (χ0) is 18.8. The Hall–Kier alpha value is -3.02. The summed E-state index contributed by atoms with van der Waals surface area (Å²) in [4.78, 5) is 25.3. The fourth-order valence-electron chi connectivity index (χ4n) is 2.16. The van der Waals surface area contributed by atoms with Gasteiger partial charge in [0.25, 0.3) is 5.91 Å². The van der Waals surface area contributed by atoms with E-state index in [2.05, 4.69) is 5.32 Å². The number of rotatable bonds is 9. The van der Waals surface area contributed by atoms with Crippen LogP contribution in [0.4, 0.5) is 0 Å². The van der Waals surface area contributed by atoms with Gasteiger partial charge in [-0.25, -0.2) is 0 Å². The number of hydrogen-bond acceptors (Lipinski definition) is 4. The van der Waals surface area contributed by atoms with Crippen LogP contribution in [0, 0.1) is 6.92 Å². The van der Waals surface area contributed by atoms with Gasteiger partial charge in [0.2, 0.25) is 5.91 Å². The number of benzene rings is 2. The van der Waals surface area contributed by atoms with Crippen molar-refractivity contribution in [2.24, 2.45) is 0 Å². The summed E-state index contributed by atoms with van der Waals surface area (Å²) < 4.78 is 10.9. The van der Waals surface area contributed by atoms with Gasteiger partial charge in [0.1, 0.15) is 18.1 Å². The third-order valence-corrected chi connectivity index (χ3v) is 3.66. The van der Waals surface area contributed by atoms with Gasteiger partial charge in [-0.3, -0.25) is 9.59 Å². The largest absolute Gasteiger partial charge is 0.492 e. The topological polar surface area (TPSA) is 67.9 Å². The van der Waals surface area contributed by atoms with E-state index >= 15 is 0 Å². The van der Waals surface area contributed by atoms with E-state index in [-0.39, 0.29) is 25.0 Å². The summed E-state index contributed by atoms with van der Waals surface area (Å²) in [6, 6.07) is 16.8. The molecule has 0 saturated heterocycles. The summed E-state index contributed by atoms with van der Waals surface area (Å²) in [6.45, 7) is 2.61. The molecule has 0 aliphatic rings. The standard InChI is InChI=1S/C20H24N2O4/c1-16-7-6-10-18(13-16)25-12-11-22(2)20(24)14-21-19(23)15-26-17-8-4-3-5-9-17/h3-10,13H,11-12,14-15H2,1-2H3,(H,21,23). The van der Waals surface area contributed by atoms with E-state index in [1.165, 1.54) is 4.90 Å². The molecule has 0 atom stereocenters. The molecule has 0 aromatic heterocycles. The van der Waals surface area contributed by atoms with Crippen molar-refractivity contribution in [3.63, 3.8) is 0 Å². The molecule has 0 radical (unpaired) electrons. The molecule has 1 N–H and O–H groups in total. The molecule has 2 aromatic carbocycles. The minimum absolute atomic E-state index is 0.0715. The molecular formula is C20H24N2O4. The number of para-hydroxylation sites is 1. The predicted octanol–water partition coefficient (Wildman–Crippen LogP) is 2.03. The highest BCUT2D eigenvalue weighted by Crippen LogP contribution is 2.12. The number of carbonyl (C=O) groups is 2. The second-order valence-electron chi connectivity index (χ2n) is 5.86. The van der Waals surface area contributed by atoms with E-state index in [0.29, 0.717) is 18.9 Å². The maximum absolute atomic E-state index is 12.0. The van der Waals surface area contributed by atoms with Crippen molar-refractivity contribution in [2.45, 2.75) is 6.92 Å². The summed E-state index contributed by atoms with van der Waals surface area (Å²) in [5, 5.41) is 2.55. The third-order valence-electron chi connectivity index (χ3n) is 3.66. The van der Waals surface area contributed by atoms with Gasteiger partial charge in [-0.1, -0.05) is 30.3 Å². The minimum Gasteiger partial charge on any atom is -0.492 e. The van der Waals surface area contributed by atoms with Crippen LogP contribution in [0.5, 0.6) is 11.5 Å². The molecule has 138 valence electrons. The van der Waals surface area contributed by atoms with Crippen molar-refractivity contribution in [1.82, 2.24) is 10.2 Å². The number of aryl methyl sites for hydroxylation is 1. The van der Waals surface area contributed by atoms with Crippen molar-refractivity contribution in [3.05, 3.63) is 60.2 Å². The lowest BCUT2D eigenvalue weighted by atomic mass is 10.2. The normalized spacial score (nSPS) is 10.1. The average Bonchev–Trinajstić information content (AvgIpc) is 2.65. The quantitative estimate of drug-likeness (QED) is 0.746. The zero-order valence-corrected chi connectivity index (χ0v) is 15.1. The van der Waals surface area contributed by atoms with Crippen LogP contribution in [0.3, 0.4) is 0 Å². The molecule has 2 aromatic rings. The summed E-state index contributed by atoms with van der Waals surface area (Å²) in [7, 11) is 1.68. The Morgan fingerprint density at radius 1 is 1.00 bits per heavy atom. The van der Waals surface area contributed by atoms with Crippen LogP contribution in [0.2, 0.25) is 0 Å². The number of nitrogens with one attached hydrogen (secondary N) is 1. The first kappa shape index (κ1) is 19.3. The number of carbonyl (C=O) groups excluding carboxylic acids is 2. The second kappa shape index (κ2) is 10.1. The zero-order valence-electron chi connectivity index (χ0n) is 15.1. The molecule has 0 bridgehead atoms. The molecular weight excluding hydrogens is 332 g/mol. The van der Waals surface area contributed by atoms with Crippen LogP contribution >= 0.6 is 0 Å². The molecule has 0 fully saturated rings. The van der Waals surface area contributed by atoms with E-state index < -0.39 is 0 Å². The van der Waals surface area contributed by atoms with Crippen molar-refractivity contribution in [2.75, 3.05) is 33.4 Å². The Labute approximate surface area is 153 Å². The molecule has 0 aliphatic heterocycles. The first-order valence-electron chi connectivity index (χ1n) is 8.42. The molecule has 6 heteroatoms. The van der Waals surface area contributed by atoms with Crippen LogP contribution in [-0.2, 0) is 9.59 Å². The van der Waals surface area contributed by atoms with E-state index in [1.54, 1.807) is 19.2 Å². The Bertz CT molecular complexity index is 719. The molecule has 0 heterocycles. The van der Waals surface area contributed by atoms with Gasteiger partial charge in [0, 0.05) is 7.05 Å². The average molecular weight is 356 g/mol. The van der Waals surface area contributed by atoms with Crippen LogP contribution in [-0.4, -0.2) is 50.1 Å². The highest BCUT2D eigenvalue weighted by atomic mass is 16.5. The van der Waals surface area contributed by atoms with Gasteiger partial charge in [-0.2, -0.15) is 0 Å². The predicted molar refractivity (Wildman–Crippen MR) is 99.3 cm³/mol. The van der Waals surface area contributed by atoms with E-state index in [4.69, 9.17) is 9.47 Å². The van der Waals surface area contributed by atoms with E-state index in [1.807, 2.05) is 49.4 Å². The van der Waals surface area contributed by atoms with Crippen molar-refractivity contribution in [3.8, 4) is 11.5 Å². The summed E-state index contributed by atoms with van der Waals surface area (Å²) >= 11 is 0. The number of hydrogen-bond donors (Lipinski definition) is 1. The summed E-state index contributed by atoms with van der Waals surface area (Å²) in [5.41, 5.74) is 1.12. The van der Waals surface area contributed by atoms with Gasteiger partial charge in [0.15, 0.2) is 6.61 Å². The fraction of sp³-hybridized carbons (Fsp3) is 0.300. The molecule has 26 heavy (non-hydrogen) atoms. The Morgan fingerprint density at radius 3 is 2.46 bits per heavy atom. The highest BCUT2D eigenvalue weighted by Gasteiger charge is 2.11. The van der Waals surface area contributed by atoms with Gasteiger partial charge < -0.3 is 19.7 Å². The first-order valence-corrected chi connectivity index (χ1v) is 8.42. The van der Waals surface area contributed by atoms with Gasteiger partial charge in [-0.15, -0.1) is 0 Å².